The smallest absolute Gasteiger partial charge is 0.340 e. The molecule has 0 saturated heterocycles. The number of amides is 1. The summed E-state index contributed by atoms with van der Waals surface area (Å²) in [7, 11) is 0. The molecule has 0 fully saturated rings. The van der Waals surface area contributed by atoms with Gasteiger partial charge in [-0.2, -0.15) is 13.2 Å². The average Bonchev–Trinajstić information content (AvgIpc) is 2.76. The summed E-state index contributed by atoms with van der Waals surface area (Å²) < 4.78 is 36.4. The Labute approximate surface area is 106 Å². The Bertz CT molecular complexity index is 485. The number of carbonyl (C=O) groups is 2. The van der Waals surface area contributed by atoms with Gasteiger partial charge in [-0.1, -0.05) is 15.9 Å². The van der Waals surface area contributed by atoms with Crippen LogP contribution in [0.1, 0.15) is 21.3 Å². The van der Waals surface area contributed by atoms with Crippen molar-refractivity contribution in [3.8, 4) is 0 Å². The molecule has 0 unspecified atom stereocenters. The minimum Gasteiger partial charge on any atom is -0.340 e. The van der Waals surface area contributed by atoms with Gasteiger partial charge in [0.1, 0.15) is 4.83 Å². The van der Waals surface area contributed by atoms with Gasteiger partial charge in [0.2, 0.25) is 0 Å². The molecule has 1 N–H and O–H groups in total. The first-order chi connectivity index (χ1) is 7.82. The van der Waals surface area contributed by atoms with E-state index >= 15 is 0 Å². The molecule has 1 aromatic rings. The summed E-state index contributed by atoms with van der Waals surface area (Å²) in [6.07, 6.45) is -4.95. The lowest BCUT2D eigenvalue weighted by Crippen LogP contribution is -2.41. The molecule has 2 atom stereocenters. The highest BCUT2D eigenvalue weighted by molar-refractivity contribution is 9.10. The molecule has 1 aromatic heterocycles. The first-order valence-corrected chi connectivity index (χ1v) is 6.25. The second-order valence-electron chi connectivity index (χ2n) is 3.42. The number of halogens is 4. The van der Waals surface area contributed by atoms with Gasteiger partial charge in [-0.25, -0.2) is 0 Å². The first kappa shape index (κ1) is 12.6. The molecule has 1 aliphatic rings. The summed E-state index contributed by atoms with van der Waals surface area (Å²) >= 11 is 4.15. The van der Waals surface area contributed by atoms with E-state index < -0.39 is 23.0 Å². The van der Waals surface area contributed by atoms with E-state index in [1.165, 1.54) is 0 Å². The maximum absolute atomic E-state index is 12.1. The van der Waals surface area contributed by atoms with Gasteiger partial charge in [-0.15, -0.1) is 11.3 Å². The van der Waals surface area contributed by atoms with Crippen LogP contribution in [-0.4, -0.2) is 22.7 Å². The quantitative estimate of drug-likeness (QED) is 0.805. The highest BCUT2D eigenvalue weighted by Gasteiger charge is 2.45. The summed E-state index contributed by atoms with van der Waals surface area (Å²) in [4.78, 5) is 22.0. The zero-order valence-electron chi connectivity index (χ0n) is 8.05. The van der Waals surface area contributed by atoms with E-state index in [2.05, 4.69) is 15.9 Å². The van der Waals surface area contributed by atoms with E-state index in [-0.39, 0.29) is 5.78 Å². The Morgan fingerprint density at radius 2 is 2.12 bits per heavy atom. The Kier molecular flexibility index (Phi) is 3.03. The lowest BCUT2D eigenvalue weighted by molar-refractivity contribution is -0.174. The number of alkyl halides is 4. The summed E-state index contributed by atoms with van der Waals surface area (Å²) in [5, 5.41) is 3.42. The molecule has 3 nitrogen and oxygen atoms in total. The SMILES string of the molecule is O=C1c2sccc2[C@@H](NC(=O)C(F)(F)F)[C@@H]1Br. The fraction of sp³-hybridized carbons (Fsp3) is 0.333. The van der Waals surface area contributed by atoms with Crippen LogP contribution < -0.4 is 5.32 Å². The Morgan fingerprint density at radius 3 is 2.71 bits per heavy atom. The molecule has 0 bridgehead atoms. The van der Waals surface area contributed by atoms with E-state index in [1.54, 1.807) is 11.4 Å². The van der Waals surface area contributed by atoms with E-state index in [4.69, 9.17) is 0 Å². The highest BCUT2D eigenvalue weighted by atomic mass is 79.9. The summed E-state index contributed by atoms with van der Waals surface area (Å²) in [6, 6.07) is 0.582. The average molecular weight is 328 g/mol. The van der Waals surface area contributed by atoms with Crippen LogP contribution in [0.3, 0.4) is 0 Å². The van der Waals surface area contributed by atoms with Gasteiger partial charge in [0.15, 0.2) is 5.78 Å². The van der Waals surface area contributed by atoms with E-state index in [9.17, 15) is 22.8 Å². The third-order valence-corrected chi connectivity index (χ3v) is 4.23. The number of hydrogen-bond donors (Lipinski definition) is 1. The van der Waals surface area contributed by atoms with Crippen LogP contribution >= 0.6 is 27.3 Å². The topological polar surface area (TPSA) is 46.2 Å². The van der Waals surface area contributed by atoms with Gasteiger partial charge >= 0.3 is 12.1 Å². The molecular formula is C9H5BrF3NO2S. The van der Waals surface area contributed by atoms with Gasteiger partial charge in [0.25, 0.3) is 0 Å². The number of fused-ring (bicyclic) bond motifs is 1. The van der Waals surface area contributed by atoms with Crippen molar-refractivity contribution in [2.24, 2.45) is 0 Å². The minimum absolute atomic E-state index is 0.303. The maximum Gasteiger partial charge on any atom is 0.471 e. The Morgan fingerprint density at radius 1 is 1.47 bits per heavy atom. The molecule has 1 aliphatic carbocycles. The van der Waals surface area contributed by atoms with Crippen molar-refractivity contribution in [3.05, 3.63) is 21.9 Å². The maximum atomic E-state index is 12.1. The van der Waals surface area contributed by atoms with E-state index in [1.807, 2.05) is 5.32 Å². The standard InChI is InChI=1S/C9H5BrF3NO2S/c10-4-5(14-8(16)9(11,12)13)3-1-2-17-7(3)6(4)15/h1-2,4-5H,(H,14,16)/t4-,5+/m0/s1. The van der Waals surface area contributed by atoms with Gasteiger partial charge in [-0.05, 0) is 17.0 Å². The third kappa shape index (κ3) is 2.11. The van der Waals surface area contributed by atoms with Crippen molar-refractivity contribution >= 4 is 39.0 Å². The Balaban J connectivity index is 2.24. The van der Waals surface area contributed by atoms with Crippen molar-refractivity contribution in [3.63, 3.8) is 0 Å². The number of nitrogens with one attached hydrogen (secondary N) is 1. The fourth-order valence-corrected chi connectivity index (χ4v) is 3.29. The van der Waals surface area contributed by atoms with Crippen LogP contribution in [0.15, 0.2) is 11.4 Å². The van der Waals surface area contributed by atoms with Crippen LogP contribution in [0.2, 0.25) is 0 Å². The number of carbonyl (C=O) groups excluding carboxylic acids is 2. The molecule has 0 aromatic carbocycles. The lowest BCUT2D eigenvalue weighted by atomic mass is 10.2. The number of hydrogen-bond acceptors (Lipinski definition) is 3. The number of Topliss-reactive ketones (excluding diaryl/α,β-unsaturated/α-hetero) is 1. The van der Waals surface area contributed by atoms with Crippen LogP contribution in [0.4, 0.5) is 13.2 Å². The predicted octanol–water partition coefficient (Wildman–Crippen LogP) is 2.43. The van der Waals surface area contributed by atoms with Crippen molar-refractivity contribution in [1.29, 1.82) is 0 Å². The summed E-state index contributed by atoms with van der Waals surface area (Å²) in [5.74, 6) is -2.35. The monoisotopic (exact) mass is 327 g/mol. The largest absolute Gasteiger partial charge is 0.471 e. The molecule has 0 spiro atoms. The zero-order valence-corrected chi connectivity index (χ0v) is 10.4. The number of ketones is 1. The number of rotatable bonds is 1. The summed E-state index contributed by atoms with van der Waals surface area (Å²) in [6.45, 7) is 0. The highest BCUT2D eigenvalue weighted by Crippen LogP contribution is 2.39. The minimum atomic E-state index is -4.95. The molecule has 8 heteroatoms. The van der Waals surface area contributed by atoms with Gasteiger partial charge in [0.05, 0.1) is 10.9 Å². The van der Waals surface area contributed by atoms with Crippen molar-refractivity contribution in [2.45, 2.75) is 17.0 Å². The Hall–Kier alpha value is -0.890. The van der Waals surface area contributed by atoms with E-state index in [0.717, 1.165) is 11.3 Å². The van der Waals surface area contributed by atoms with Crippen molar-refractivity contribution in [2.75, 3.05) is 0 Å². The fourth-order valence-electron chi connectivity index (χ4n) is 1.57. The first-order valence-electron chi connectivity index (χ1n) is 4.45. The molecule has 0 aliphatic heterocycles. The molecule has 0 radical (unpaired) electrons. The molecule has 92 valence electrons. The van der Waals surface area contributed by atoms with Crippen molar-refractivity contribution in [1.82, 2.24) is 5.32 Å². The van der Waals surface area contributed by atoms with Crippen molar-refractivity contribution < 1.29 is 22.8 Å². The third-order valence-electron chi connectivity index (χ3n) is 2.34. The van der Waals surface area contributed by atoms with Crippen LogP contribution in [0.5, 0.6) is 0 Å². The molecular weight excluding hydrogens is 323 g/mol. The van der Waals surface area contributed by atoms with Crippen LogP contribution in [0.25, 0.3) is 0 Å². The normalized spacial score (nSPS) is 23.6. The van der Waals surface area contributed by atoms with Crippen LogP contribution in [0, 0.1) is 0 Å². The lowest BCUT2D eigenvalue weighted by Gasteiger charge is -2.17. The van der Waals surface area contributed by atoms with Gasteiger partial charge in [-0.3, -0.25) is 9.59 Å². The second kappa shape index (κ2) is 4.09. The van der Waals surface area contributed by atoms with Gasteiger partial charge in [0, 0.05) is 0 Å². The molecule has 1 amide bonds. The molecule has 1 heterocycles. The summed E-state index contributed by atoms with van der Waals surface area (Å²) in [5.41, 5.74) is 0.430. The molecule has 0 saturated carbocycles. The molecule has 2 rings (SSSR count). The molecule has 17 heavy (non-hydrogen) atoms. The van der Waals surface area contributed by atoms with Crippen LogP contribution in [-0.2, 0) is 4.79 Å². The zero-order chi connectivity index (χ0) is 12.8. The second-order valence-corrected chi connectivity index (χ2v) is 5.32. The van der Waals surface area contributed by atoms with E-state index in [0.29, 0.717) is 10.4 Å². The number of thiophene rings is 1. The predicted molar refractivity (Wildman–Crippen MR) is 58.3 cm³/mol. The van der Waals surface area contributed by atoms with Gasteiger partial charge < -0.3 is 5.32 Å².